The number of hydrogen-bond acceptors (Lipinski definition) is 4. The number of rotatable bonds is 3. The van der Waals surface area contributed by atoms with Gasteiger partial charge in [0.2, 0.25) is 0 Å². The fourth-order valence-corrected chi connectivity index (χ4v) is 3.14. The Morgan fingerprint density at radius 2 is 1.90 bits per heavy atom. The number of ether oxygens (including phenoxy) is 1. The standard InChI is InChI=1S/C16H21N3O/c17-13-16(6-11-20-14-16)19-9-7-18(8-10-19)12-15-4-2-1-3-5-15/h1-5H,6-12,14H2. The lowest BCUT2D eigenvalue weighted by Gasteiger charge is -2.41. The largest absolute Gasteiger partial charge is 0.378 e. The maximum Gasteiger partial charge on any atom is 0.135 e. The highest BCUT2D eigenvalue weighted by molar-refractivity contribution is 5.15. The minimum atomic E-state index is -0.362. The van der Waals surface area contributed by atoms with E-state index in [-0.39, 0.29) is 5.54 Å². The van der Waals surface area contributed by atoms with Crippen LogP contribution in [0, 0.1) is 11.3 Å². The summed E-state index contributed by atoms with van der Waals surface area (Å²) in [7, 11) is 0. The molecule has 3 rings (SSSR count). The van der Waals surface area contributed by atoms with E-state index in [2.05, 4.69) is 46.2 Å². The average molecular weight is 271 g/mol. The molecule has 2 aliphatic rings. The summed E-state index contributed by atoms with van der Waals surface area (Å²) in [5, 5.41) is 9.48. The van der Waals surface area contributed by atoms with Crippen molar-refractivity contribution in [3.05, 3.63) is 35.9 Å². The van der Waals surface area contributed by atoms with Crippen LogP contribution < -0.4 is 0 Å². The summed E-state index contributed by atoms with van der Waals surface area (Å²) in [4.78, 5) is 4.79. The maximum atomic E-state index is 9.48. The third-order valence-corrected chi connectivity index (χ3v) is 4.44. The van der Waals surface area contributed by atoms with Gasteiger partial charge in [0.1, 0.15) is 5.54 Å². The van der Waals surface area contributed by atoms with Gasteiger partial charge in [0.05, 0.1) is 12.7 Å². The van der Waals surface area contributed by atoms with Crippen LogP contribution >= 0.6 is 0 Å². The molecule has 4 nitrogen and oxygen atoms in total. The van der Waals surface area contributed by atoms with Crippen LogP contribution in [0.25, 0.3) is 0 Å². The van der Waals surface area contributed by atoms with Gasteiger partial charge in [-0.25, -0.2) is 0 Å². The van der Waals surface area contributed by atoms with Crippen molar-refractivity contribution in [2.24, 2.45) is 0 Å². The summed E-state index contributed by atoms with van der Waals surface area (Å²) in [6, 6.07) is 13.1. The smallest absolute Gasteiger partial charge is 0.135 e. The molecule has 2 heterocycles. The summed E-state index contributed by atoms with van der Waals surface area (Å²) < 4.78 is 5.45. The molecule has 1 aromatic carbocycles. The Labute approximate surface area is 120 Å². The van der Waals surface area contributed by atoms with Crippen molar-refractivity contribution < 1.29 is 4.74 Å². The second-order valence-corrected chi connectivity index (χ2v) is 5.69. The second kappa shape index (κ2) is 5.92. The van der Waals surface area contributed by atoms with E-state index in [0.717, 1.165) is 45.8 Å². The molecule has 0 amide bonds. The van der Waals surface area contributed by atoms with E-state index in [0.29, 0.717) is 6.61 Å². The Morgan fingerprint density at radius 1 is 1.15 bits per heavy atom. The highest BCUT2D eigenvalue weighted by Crippen LogP contribution is 2.26. The summed E-state index contributed by atoms with van der Waals surface area (Å²) in [5.41, 5.74) is 0.999. The molecule has 0 N–H and O–H groups in total. The number of nitrogens with zero attached hydrogens (tertiary/aromatic N) is 3. The van der Waals surface area contributed by atoms with Crippen molar-refractivity contribution >= 4 is 0 Å². The lowest BCUT2D eigenvalue weighted by molar-refractivity contribution is 0.0498. The number of hydrogen-bond donors (Lipinski definition) is 0. The van der Waals surface area contributed by atoms with Crippen molar-refractivity contribution in [2.45, 2.75) is 18.5 Å². The van der Waals surface area contributed by atoms with E-state index in [1.807, 2.05) is 0 Å². The summed E-state index contributed by atoms with van der Waals surface area (Å²) in [5.74, 6) is 0. The summed E-state index contributed by atoms with van der Waals surface area (Å²) >= 11 is 0. The van der Waals surface area contributed by atoms with Crippen LogP contribution in [0.5, 0.6) is 0 Å². The molecule has 0 spiro atoms. The fraction of sp³-hybridized carbons (Fsp3) is 0.562. The van der Waals surface area contributed by atoms with Crippen molar-refractivity contribution in [2.75, 3.05) is 39.4 Å². The predicted molar refractivity (Wildman–Crippen MR) is 77.1 cm³/mol. The van der Waals surface area contributed by atoms with Crippen LogP contribution in [0.4, 0.5) is 0 Å². The van der Waals surface area contributed by atoms with Crippen LogP contribution in [0.15, 0.2) is 30.3 Å². The van der Waals surface area contributed by atoms with Crippen LogP contribution in [-0.4, -0.2) is 54.7 Å². The van der Waals surface area contributed by atoms with Crippen LogP contribution in [0.3, 0.4) is 0 Å². The maximum absolute atomic E-state index is 9.48. The van der Waals surface area contributed by atoms with Crippen molar-refractivity contribution in [3.63, 3.8) is 0 Å². The molecule has 0 bridgehead atoms. The molecule has 4 heteroatoms. The van der Waals surface area contributed by atoms with Gasteiger partial charge in [-0.2, -0.15) is 5.26 Å². The third kappa shape index (κ3) is 2.71. The van der Waals surface area contributed by atoms with Crippen LogP contribution in [-0.2, 0) is 11.3 Å². The Kier molecular flexibility index (Phi) is 4.02. The Balaban J connectivity index is 1.56. The van der Waals surface area contributed by atoms with Gasteiger partial charge in [-0.3, -0.25) is 9.80 Å². The van der Waals surface area contributed by atoms with Gasteiger partial charge < -0.3 is 4.74 Å². The van der Waals surface area contributed by atoms with Gasteiger partial charge in [-0.1, -0.05) is 30.3 Å². The highest BCUT2D eigenvalue weighted by atomic mass is 16.5. The van der Waals surface area contributed by atoms with E-state index in [9.17, 15) is 5.26 Å². The van der Waals surface area contributed by atoms with E-state index in [1.165, 1.54) is 5.56 Å². The molecule has 1 atom stereocenters. The molecule has 20 heavy (non-hydrogen) atoms. The molecule has 1 aromatic rings. The molecule has 2 fully saturated rings. The molecule has 0 aromatic heterocycles. The molecular weight excluding hydrogens is 250 g/mol. The first-order chi connectivity index (χ1) is 9.82. The molecule has 1 unspecified atom stereocenters. The van der Waals surface area contributed by atoms with E-state index in [1.54, 1.807) is 0 Å². The van der Waals surface area contributed by atoms with Gasteiger partial charge in [0, 0.05) is 45.8 Å². The van der Waals surface area contributed by atoms with Crippen molar-refractivity contribution in [3.8, 4) is 6.07 Å². The quantitative estimate of drug-likeness (QED) is 0.835. The summed E-state index contributed by atoms with van der Waals surface area (Å²) in [6.07, 6.45) is 0.849. The fourth-order valence-electron chi connectivity index (χ4n) is 3.14. The Bertz CT molecular complexity index is 468. The highest BCUT2D eigenvalue weighted by Gasteiger charge is 2.42. The first-order valence-electron chi connectivity index (χ1n) is 7.33. The minimum Gasteiger partial charge on any atom is -0.378 e. The van der Waals surface area contributed by atoms with E-state index < -0.39 is 0 Å². The van der Waals surface area contributed by atoms with Gasteiger partial charge in [0.25, 0.3) is 0 Å². The molecular formula is C16H21N3O. The minimum absolute atomic E-state index is 0.362. The molecule has 0 radical (unpaired) electrons. The van der Waals surface area contributed by atoms with Gasteiger partial charge in [0.15, 0.2) is 0 Å². The van der Waals surface area contributed by atoms with Crippen LogP contribution in [0.2, 0.25) is 0 Å². The number of benzene rings is 1. The van der Waals surface area contributed by atoms with Crippen LogP contribution in [0.1, 0.15) is 12.0 Å². The Morgan fingerprint density at radius 3 is 2.50 bits per heavy atom. The van der Waals surface area contributed by atoms with Crippen molar-refractivity contribution in [1.82, 2.24) is 9.80 Å². The number of nitriles is 1. The molecule has 2 aliphatic heterocycles. The normalized spacial score (nSPS) is 28.4. The van der Waals surface area contributed by atoms with Crippen molar-refractivity contribution in [1.29, 1.82) is 5.26 Å². The lowest BCUT2D eigenvalue weighted by Crippen LogP contribution is -2.56. The topological polar surface area (TPSA) is 39.5 Å². The zero-order valence-corrected chi connectivity index (χ0v) is 11.8. The lowest BCUT2D eigenvalue weighted by atomic mass is 9.97. The predicted octanol–water partition coefficient (Wildman–Crippen LogP) is 1.49. The van der Waals surface area contributed by atoms with Gasteiger partial charge in [-0.15, -0.1) is 0 Å². The zero-order chi connectivity index (χ0) is 13.8. The van der Waals surface area contributed by atoms with Gasteiger partial charge >= 0.3 is 0 Å². The first-order valence-corrected chi connectivity index (χ1v) is 7.33. The average Bonchev–Trinajstić information content (AvgIpc) is 2.99. The summed E-state index contributed by atoms with van der Waals surface area (Å²) in [6.45, 7) is 6.27. The molecule has 2 saturated heterocycles. The molecule has 0 aliphatic carbocycles. The van der Waals surface area contributed by atoms with E-state index >= 15 is 0 Å². The zero-order valence-electron chi connectivity index (χ0n) is 11.8. The van der Waals surface area contributed by atoms with Gasteiger partial charge in [-0.05, 0) is 5.56 Å². The molecule has 106 valence electrons. The SMILES string of the molecule is N#CC1(N2CCN(Cc3ccccc3)CC2)CCOC1. The third-order valence-electron chi connectivity index (χ3n) is 4.44. The van der Waals surface area contributed by atoms with E-state index in [4.69, 9.17) is 4.74 Å². The second-order valence-electron chi connectivity index (χ2n) is 5.69. The monoisotopic (exact) mass is 271 g/mol. The number of piperazine rings is 1. The first kappa shape index (κ1) is 13.6. The Hall–Kier alpha value is -1.41. The molecule has 0 saturated carbocycles.